The molecule has 0 spiro atoms. The Balaban J connectivity index is 1.85. The van der Waals surface area contributed by atoms with Gasteiger partial charge in [0.25, 0.3) is 0 Å². The van der Waals surface area contributed by atoms with Crippen LogP contribution in [-0.4, -0.2) is 46.7 Å². The van der Waals surface area contributed by atoms with E-state index < -0.39 is 5.82 Å². The number of pyridine rings is 1. The molecule has 0 N–H and O–H groups in total. The average Bonchev–Trinajstić information content (AvgIpc) is 2.86. The van der Waals surface area contributed by atoms with E-state index in [2.05, 4.69) is 20.0 Å². The summed E-state index contributed by atoms with van der Waals surface area (Å²) >= 11 is 5.74. The Morgan fingerprint density at radius 1 is 1.43 bits per heavy atom. The van der Waals surface area contributed by atoms with Gasteiger partial charge in [-0.25, -0.2) is 9.37 Å². The molecule has 0 radical (unpaired) electrons. The smallest absolute Gasteiger partial charge is 0.245 e. The van der Waals surface area contributed by atoms with Gasteiger partial charge in [-0.1, -0.05) is 16.8 Å². The van der Waals surface area contributed by atoms with E-state index in [1.54, 1.807) is 6.92 Å². The molecule has 1 aliphatic rings. The maximum Gasteiger partial charge on any atom is 0.245 e. The zero-order valence-electron chi connectivity index (χ0n) is 11.8. The second-order valence-electron chi connectivity index (χ2n) is 5.08. The lowest BCUT2D eigenvalue weighted by Crippen LogP contribution is -2.47. The van der Waals surface area contributed by atoms with Gasteiger partial charge >= 0.3 is 0 Å². The maximum absolute atomic E-state index is 14.0. The molecule has 6 nitrogen and oxygen atoms in total. The molecule has 8 heteroatoms. The molecule has 0 bridgehead atoms. The molecule has 0 saturated carbocycles. The standard InChI is InChI=1S/C13H15ClFN5O/c1-8-17-13(21-18-8)11-7-20(4-3-19(11)2)12-10(15)5-9(14)6-16-12/h5-6,11H,3-4,7H2,1-2H3/t11-/m1/s1. The molecule has 0 aromatic carbocycles. The molecule has 2 aromatic rings. The van der Waals surface area contributed by atoms with Gasteiger partial charge in [0.2, 0.25) is 5.89 Å². The van der Waals surface area contributed by atoms with E-state index in [4.69, 9.17) is 16.1 Å². The second-order valence-corrected chi connectivity index (χ2v) is 5.52. The lowest BCUT2D eigenvalue weighted by atomic mass is 10.1. The van der Waals surface area contributed by atoms with Gasteiger partial charge in [0.05, 0.1) is 5.02 Å². The van der Waals surface area contributed by atoms with Gasteiger partial charge in [0, 0.05) is 25.8 Å². The van der Waals surface area contributed by atoms with Crippen LogP contribution in [0.25, 0.3) is 0 Å². The Bertz CT molecular complexity index is 649. The number of likely N-dealkylation sites (N-methyl/N-ethyl adjacent to an activating group) is 1. The predicted octanol–water partition coefficient (Wildman–Crippen LogP) is 2.06. The van der Waals surface area contributed by atoms with Crippen LogP contribution >= 0.6 is 11.6 Å². The van der Waals surface area contributed by atoms with Crippen LogP contribution in [0.1, 0.15) is 17.8 Å². The topological polar surface area (TPSA) is 58.3 Å². The monoisotopic (exact) mass is 311 g/mol. The van der Waals surface area contributed by atoms with E-state index >= 15 is 0 Å². The van der Waals surface area contributed by atoms with Crippen LogP contribution < -0.4 is 4.90 Å². The molecule has 0 aliphatic carbocycles. The summed E-state index contributed by atoms with van der Waals surface area (Å²) < 4.78 is 19.3. The Morgan fingerprint density at radius 2 is 2.24 bits per heavy atom. The fourth-order valence-corrected chi connectivity index (χ4v) is 2.57. The minimum Gasteiger partial charge on any atom is -0.351 e. The number of nitrogens with zero attached hydrogens (tertiary/aromatic N) is 5. The van der Waals surface area contributed by atoms with E-state index in [0.29, 0.717) is 30.6 Å². The third kappa shape index (κ3) is 2.84. The van der Waals surface area contributed by atoms with Crippen LogP contribution in [-0.2, 0) is 0 Å². The predicted molar refractivity (Wildman–Crippen MR) is 75.8 cm³/mol. The molecule has 3 heterocycles. The highest BCUT2D eigenvalue weighted by atomic mass is 35.5. The number of anilines is 1. The Hall–Kier alpha value is -1.73. The molecule has 1 fully saturated rings. The van der Waals surface area contributed by atoms with Crippen LogP contribution in [0, 0.1) is 12.7 Å². The molecule has 0 unspecified atom stereocenters. The molecule has 1 saturated heterocycles. The average molecular weight is 312 g/mol. The number of hydrogen-bond donors (Lipinski definition) is 0. The molecular formula is C13H15ClFN5O. The lowest BCUT2D eigenvalue weighted by Gasteiger charge is -2.38. The fraction of sp³-hybridized carbons (Fsp3) is 0.462. The van der Waals surface area contributed by atoms with Crippen molar-refractivity contribution in [2.75, 3.05) is 31.6 Å². The summed E-state index contributed by atoms with van der Waals surface area (Å²) in [6.45, 7) is 3.72. The second kappa shape index (κ2) is 5.57. The van der Waals surface area contributed by atoms with E-state index in [-0.39, 0.29) is 11.1 Å². The third-order valence-corrected chi connectivity index (χ3v) is 3.77. The van der Waals surface area contributed by atoms with Crippen molar-refractivity contribution in [2.24, 2.45) is 0 Å². The Labute approximate surface area is 126 Å². The van der Waals surface area contributed by atoms with Gasteiger partial charge in [0.15, 0.2) is 17.5 Å². The first kappa shape index (κ1) is 14.2. The van der Waals surface area contributed by atoms with Crippen molar-refractivity contribution in [3.63, 3.8) is 0 Å². The molecule has 0 amide bonds. The lowest BCUT2D eigenvalue weighted by molar-refractivity contribution is 0.177. The van der Waals surface area contributed by atoms with E-state index in [1.807, 2.05) is 11.9 Å². The minimum absolute atomic E-state index is 0.0863. The van der Waals surface area contributed by atoms with Gasteiger partial charge in [-0.2, -0.15) is 4.98 Å². The highest BCUT2D eigenvalue weighted by Crippen LogP contribution is 2.27. The summed E-state index contributed by atoms with van der Waals surface area (Å²) in [6.07, 6.45) is 1.45. The molecule has 21 heavy (non-hydrogen) atoms. The van der Waals surface area contributed by atoms with Gasteiger partial charge in [-0.3, -0.25) is 4.90 Å². The summed E-state index contributed by atoms with van der Waals surface area (Å²) in [5, 5.41) is 4.10. The number of aromatic nitrogens is 3. The molecule has 2 aromatic heterocycles. The fourth-order valence-electron chi connectivity index (χ4n) is 2.42. The summed E-state index contributed by atoms with van der Waals surface area (Å²) in [4.78, 5) is 12.3. The first-order valence-electron chi connectivity index (χ1n) is 6.61. The van der Waals surface area contributed by atoms with Crippen molar-refractivity contribution in [3.05, 3.63) is 34.8 Å². The number of aryl methyl sites for hydroxylation is 1. The number of hydrogen-bond acceptors (Lipinski definition) is 6. The number of piperazine rings is 1. The Morgan fingerprint density at radius 3 is 2.90 bits per heavy atom. The van der Waals surface area contributed by atoms with Gasteiger partial charge in [-0.15, -0.1) is 0 Å². The maximum atomic E-state index is 14.0. The molecule has 3 rings (SSSR count). The van der Waals surface area contributed by atoms with Crippen LogP contribution in [0.3, 0.4) is 0 Å². The van der Waals surface area contributed by atoms with Crippen molar-refractivity contribution in [1.29, 1.82) is 0 Å². The first-order valence-corrected chi connectivity index (χ1v) is 6.99. The third-order valence-electron chi connectivity index (χ3n) is 3.56. The zero-order valence-corrected chi connectivity index (χ0v) is 12.5. The summed E-state index contributed by atoms with van der Waals surface area (Å²) in [7, 11) is 1.98. The summed E-state index contributed by atoms with van der Waals surface area (Å²) in [5.74, 6) is 1.00. The van der Waals surface area contributed by atoms with Gasteiger partial charge < -0.3 is 9.42 Å². The molecule has 1 aliphatic heterocycles. The van der Waals surface area contributed by atoms with Gasteiger partial charge in [0.1, 0.15) is 6.04 Å². The highest BCUT2D eigenvalue weighted by Gasteiger charge is 2.31. The highest BCUT2D eigenvalue weighted by molar-refractivity contribution is 6.30. The summed E-state index contributed by atoms with van der Waals surface area (Å²) in [6, 6.07) is 1.19. The largest absolute Gasteiger partial charge is 0.351 e. The van der Waals surface area contributed by atoms with Crippen LogP contribution in [0.5, 0.6) is 0 Å². The van der Waals surface area contributed by atoms with Crippen LogP contribution in [0.15, 0.2) is 16.8 Å². The van der Waals surface area contributed by atoms with Crippen LogP contribution in [0.2, 0.25) is 5.02 Å². The van der Waals surface area contributed by atoms with Crippen molar-refractivity contribution < 1.29 is 8.91 Å². The first-order chi connectivity index (χ1) is 10.0. The normalized spacial score (nSPS) is 20.0. The number of rotatable bonds is 2. The number of halogens is 2. The van der Waals surface area contributed by atoms with Crippen molar-refractivity contribution in [2.45, 2.75) is 13.0 Å². The quantitative estimate of drug-likeness (QED) is 0.846. The molecular weight excluding hydrogens is 297 g/mol. The van der Waals surface area contributed by atoms with E-state index in [9.17, 15) is 4.39 Å². The van der Waals surface area contributed by atoms with Crippen molar-refractivity contribution in [3.8, 4) is 0 Å². The van der Waals surface area contributed by atoms with Crippen molar-refractivity contribution in [1.82, 2.24) is 20.0 Å². The Kier molecular flexibility index (Phi) is 3.77. The van der Waals surface area contributed by atoms with E-state index in [0.717, 1.165) is 6.54 Å². The summed E-state index contributed by atoms with van der Waals surface area (Å²) in [5.41, 5.74) is 0. The van der Waals surface area contributed by atoms with Crippen LogP contribution in [0.4, 0.5) is 10.2 Å². The molecule has 112 valence electrons. The van der Waals surface area contributed by atoms with Gasteiger partial charge in [-0.05, 0) is 20.0 Å². The SMILES string of the molecule is Cc1noc([C@H]2CN(c3ncc(Cl)cc3F)CCN2C)n1. The molecule has 1 atom stereocenters. The zero-order chi connectivity index (χ0) is 15.0. The minimum atomic E-state index is -0.424. The van der Waals surface area contributed by atoms with E-state index in [1.165, 1.54) is 12.3 Å². The van der Waals surface area contributed by atoms with Crippen molar-refractivity contribution >= 4 is 17.4 Å².